The van der Waals surface area contributed by atoms with Gasteiger partial charge in [0.1, 0.15) is 11.5 Å². The number of rotatable bonds is 8. The fourth-order valence-electron chi connectivity index (χ4n) is 5.23. The maximum absolute atomic E-state index is 6.41. The van der Waals surface area contributed by atoms with E-state index in [0.29, 0.717) is 40.4 Å². The van der Waals surface area contributed by atoms with Crippen molar-refractivity contribution in [1.82, 2.24) is 9.97 Å². The van der Waals surface area contributed by atoms with Crippen molar-refractivity contribution in [2.75, 3.05) is 33.4 Å². The van der Waals surface area contributed by atoms with Crippen LogP contribution in [0.2, 0.25) is 5.02 Å². The van der Waals surface area contributed by atoms with Crippen LogP contribution >= 0.6 is 11.6 Å². The number of methoxy groups -OCH3 is 4. The summed E-state index contributed by atoms with van der Waals surface area (Å²) in [5.41, 5.74) is 5.12. The number of anilines is 1. The van der Waals surface area contributed by atoms with Crippen LogP contribution in [0.15, 0.2) is 90.0 Å². The number of fused-ring (bicyclic) bond motifs is 1. The molecule has 0 saturated carbocycles. The molecule has 2 heterocycles. The van der Waals surface area contributed by atoms with Crippen molar-refractivity contribution >= 4 is 34.2 Å². The van der Waals surface area contributed by atoms with Gasteiger partial charge in [-0.2, -0.15) is 5.10 Å². The highest BCUT2D eigenvalue weighted by molar-refractivity contribution is 6.31. The molecule has 42 heavy (non-hydrogen) atoms. The molecule has 0 N–H and O–H groups in total. The minimum atomic E-state index is -0.286. The molecule has 0 fully saturated rings. The van der Waals surface area contributed by atoms with E-state index in [-0.39, 0.29) is 6.04 Å². The molecule has 8 nitrogen and oxygen atoms in total. The van der Waals surface area contributed by atoms with Gasteiger partial charge in [-0.15, -0.1) is 0 Å². The number of halogens is 1. The smallest absolute Gasteiger partial charge is 0.247 e. The Morgan fingerprint density at radius 2 is 1.48 bits per heavy atom. The highest BCUT2D eigenvalue weighted by atomic mass is 35.5. The summed E-state index contributed by atoms with van der Waals surface area (Å²) in [5.74, 6) is 3.15. The van der Waals surface area contributed by atoms with E-state index in [1.165, 1.54) is 0 Å². The number of hydrogen-bond acceptors (Lipinski definition) is 8. The molecule has 1 aromatic heterocycles. The number of nitrogens with zero attached hydrogens (tertiary/aromatic N) is 4. The van der Waals surface area contributed by atoms with Crippen molar-refractivity contribution in [3.05, 3.63) is 101 Å². The summed E-state index contributed by atoms with van der Waals surface area (Å²) in [6, 6.07) is 26.9. The zero-order valence-electron chi connectivity index (χ0n) is 23.7. The van der Waals surface area contributed by atoms with Crippen molar-refractivity contribution in [3.63, 3.8) is 0 Å². The van der Waals surface area contributed by atoms with Gasteiger partial charge in [-0.25, -0.2) is 15.0 Å². The van der Waals surface area contributed by atoms with Crippen molar-refractivity contribution in [2.45, 2.75) is 12.5 Å². The largest absolute Gasteiger partial charge is 0.497 e. The molecule has 0 saturated heterocycles. The fourth-order valence-corrected chi connectivity index (χ4v) is 5.41. The molecule has 212 valence electrons. The Labute approximate surface area is 249 Å². The lowest BCUT2D eigenvalue weighted by Gasteiger charge is -2.25. The van der Waals surface area contributed by atoms with Crippen LogP contribution in [0.1, 0.15) is 23.6 Å². The predicted molar refractivity (Wildman–Crippen MR) is 165 cm³/mol. The third-order valence-electron chi connectivity index (χ3n) is 7.32. The zero-order valence-corrected chi connectivity index (χ0v) is 24.4. The zero-order chi connectivity index (χ0) is 29.2. The van der Waals surface area contributed by atoms with Gasteiger partial charge in [0.05, 0.1) is 51.4 Å². The number of benzene rings is 4. The van der Waals surface area contributed by atoms with E-state index in [1.54, 1.807) is 28.4 Å². The maximum Gasteiger partial charge on any atom is 0.247 e. The minimum absolute atomic E-state index is 0.286. The van der Waals surface area contributed by atoms with Gasteiger partial charge in [-0.05, 0) is 54.6 Å². The summed E-state index contributed by atoms with van der Waals surface area (Å²) in [6.07, 6.45) is 0.557. The Kier molecular flexibility index (Phi) is 7.54. The van der Waals surface area contributed by atoms with Gasteiger partial charge in [0, 0.05) is 33.5 Å². The average Bonchev–Trinajstić information content (AvgIpc) is 3.49. The van der Waals surface area contributed by atoms with Crippen molar-refractivity contribution in [2.24, 2.45) is 5.10 Å². The normalized spacial score (nSPS) is 14.5. The molecule has 9 heteroatoms. The van der Waals surface area contributed by atoms with E-state index in [9.17, 15) is 0 Å². The summed E-state index contributed by atoms with van der Waals surface area (Å²) in [4.78, 5) is 10.1. The molecule has 0 bridgehead atoms. The van der Waals surface area contributed by atoms with E-state index in [2.05, 4.69) is 0 Å². The number of hydrazone groups is 1. The van der Waals surface area contributed by atoms with Gasteiger partial charge >= 0.3 is 0 Å². The molecule has 0 radical (unpaired) electrons. The van der Waals surface area contributed by atoms with E-state index >= 15 is 0 Å². The minimum Gasteiger partial charge on any atom is -0.497 e. The van der Waals surface area contributed by atoms with Gasteiger partial charge < -0.3 is 18.9 Å². The summed E-state index contributed by atoms with van der Waals surface area (Å²) < 4.78 is 22.4. The maximum atomic E-state index is 6.41. The lowest BCUT2D eigenvalue weighted by Crippen LogP contribution is -2.22. The average molecular weight is 581 g/mol. The van der Waals surface area contributed by atoms with Crippen LogP contribution in [0.25, 0.3) is 22.2 Å². The third-order valence-corrected chi connectivity index (χ3v) is 7.56. The van der Waals surface area contributed by atoms with Crippen LogP contribution in [-0.4, -0.2) is 44.1 Å². The van der Waals surface area contributed by atoms with Crippen LogP contribution in [0, 0.1) is 0 Å². The van der Waals surface area contributed by atoms with E-state index < -0.39 is 0 Å². The quantitative estimate of drug-likeness (QED) is 0.190. The Hall–Kier alpha value is -4.82. The number of aromatic nitrogens is 2. The molecule has 1 aliphatic rings. The monoisotopic (exact) mass is 580 g/mol. The summed E-state index contributed by atoms with van der Waals surface area (Å²) in [6.45, 7) is 0. The number of hydrogen-bond donors (Lipinski definition) is 0. The number of ether oxygens (including phenoxy) is 4. The van der Waals surface area contributed by atoms with Gasteiger partial charge in [0.2, 0.25) is 5.95 Å². The first kappa shape index (κ1) is 27.4. The lowest BCUT2D eigenvalue weighted by molar-refractivity contribution is 0.355. The van der Waals surface area contributed by atoms with E-state index in [1.807, 2.05) is 89.9 Å². The van der Waals surface area contributed by atoms with Crippen LogP contribution < -0.4 is 24.0 Å². The van der Waals surface area contributed by atoms with Crippen molar-refractivity contribution in [1.29, 1.82) is 0 Å². The Morgan fingerprint density at radius 3 is 2.21 bits per heavy atom. The molecular formula is C33H29ClN4O4. The Balaban J connectivity index is 1.56. The molecule has 0 spiro atoms. The predicted octanol–water partition coefficient (Wildman–Crippen LogP) is 7.34. The standard InChI is InChI=1S/C33H29ClN4O4/c1-39-23-12-15-29(40-2)25(18-23)28-19-27(21-10-14-30(41-3)31(16-21)42-4)37-38(28)33-35-26-13-11-22(34)17-24(26)32(36-33)20-8-6-5-7-9-20/h5-18,28H,19H2,1-4H3/t28-/m0/s1. The molecular weight excluding hydrogens is 552 g/mol. The Morgan fingerprint density at radius 1 is 0.714 bits per heavy atom. The van der Waals surface area contributed by atoms with Gasteiger partial charge in [-0.1, -0.05) is 41.9 Å². The van der Waals surface area contributed by atoms with Crippen LogP contribution in [-0.2, 0) is 0 Å². The first-order chi connectivity index (χ1) is 20.5. The lowest BCUT2D eigenvalue weighted by atomic mass is 9.97. The van der Waals surface area contributed by atoms with Crippen LogP contribution in [0.3, 0.4) is 0 Å². The van der Waals surface area contributed by atoms with Crippen LogP contribution in [0.5, 0.6) is 23.0 Å². The molecule has 1 atom stereocenters. The van der Waals surface area contributed by atoms with Crippen molar-refractivity contribution in [3.8, 4) is 34.3 Å². The molecule has 0 unspecified atom stereocenters. The SMILES string of the molecule is COc1ccc(OC)c([C@@H]2CC(c3ccc(OC)c(OC)c3)=NN2c2nc(-c3ccccc3)c3cc(Cl)ccc3n2)c1. The van der Waals surface area contributed by atoms with Crippen molar-refractivity contribution < 1.29 is 18.9 Å². The van der Waals surface area contributed by atoms with E-state index in [0.717, 1.165) is 39.0 Å². The topological polar surface area (TPSA) is 78.3 Å². The van der Waals surface area contributed by atoms with E-state index in [4.69, 9.17) is 45.6 Å². The molecule has 5 aromatic rings. The summed E-state index contributed by atoms with van der Waals surface area (Å²) >= 11 is 6.41. The fraction of sp³-hybridized carbons (Fsp3) is 0.182. The second-order valence-corrected chi connectivity index (χ2v) is 10.1. The summed E-state index contributed by atoms with van der Waals surface area (Å²) in [7, 11) is 6.54. The molecule has 6 rings (SSSR count). The van der Waals surface area contributed by atoms with Gasteiger partial charge in [0.25, 0.3) is 0 Å². The van der Waals surface area contributed by atoms with Crippen LogP contribution in [0.4, 0.5) is 5.95 Å². The molecule has 1 aliphatic heterocycles. The summed E-state index contributed by atoms with van der Waals surface area (Å²) in [5, 5.41) is 8.45. The Bertz CT molecular complexity index is 1790. The third kappa shape index (κ3) is 5.05. The molecule has 0 amide bonds. The second kappa shape index (κ2) is 11.6. The highest BCUT2D eigenvalue weighted by Crippen LogP contribution is 2.42. The molecule has 4 aromatic carbocycles. The molecule has 0 aliphatic carbocycles. The first-order valence-electron chi connectivity index (χ1n) is 13.4. The second-order valence-electron chi connectivity index (χ2n) is 9.69. The van der Waals surface area contributed by atoms with Gasteiger partial charge in [-0.3, -0.25) is 0 Å². The first-order valence-corrected chi connectivity index (χ1v) is 13.7. The highest BCUT2D eigenvalue weighted by Gasteiger charge is 2.35. The van der Waals surface area contributed by atoms with Gasteiger partial charge in [0.15, 0.2) is 11.5 Å².